The number of nitrogens with one attached hydrogen (secondary N) is 1. The number of hydrogen-bond donors (Lipinski definition) is 1. The number of rotatable bonds is 7. The molecule has 108 valence electrons. The summed E-state index contributed by atoms with van der Waals surface area (Å²) in [6.45, 7) is 0.830. The highest BCUT2D eigenvalue weighted by Gasteiger charge is 2.21. The van der Waals surface area contributed by atoms with Crippen molar-refractivity contribution in [1.82, 2.24) is 4.98 Å². The van der Waals surface area contributed by atoms with Crippen molar-refractivity contribution >= 4 is 32.9 Å². The zero-order valence-electron chi connectivity index (χ0n) is 11.2. The highest BCUT2D eigenvalue weighted by molar-refractivity contribution is 7.16. The first-order valence-corrected chi connectivity index (χ1v) is 6.81. The summed E-state index contributed by atoms with van der Waals surface area (Å²) in [5.74, 6) is 0. The predicted octanol–water partition coefficient (Wildman–Crippen LogP) is 2.28. The molecule has 0 spiro atoms. The number of anilines is 1. The number of ether oxygens (including phenoxy) is 2. The van der Waals surface area contributed by atoms with Gasteiger partial charge in [0.15, 0.2) is 5.52 Å². The summed E-state index contributed by atoms with van der Waals surface area (Å²) in [6, 6.07) is 3.51. The van der Waals surface area contributed by atoms with Crippen LogP contribution in [0, 0.1) is 10.1 Å². The number of hydrogen-bond acceptors (Lipinski definition) is 7. The Hall–Kier alpha value is -1.77. The highest BCUT2D eigenvalue weighted by atomic mass is 32.1. The topological polar surface area (TPSA) is 86.5 Å². The number of thiazole rings is 1. The SMILES string of the molecule is COCC(CNc1ccc2scnc2c1[N+](=O)[O-])OC. The molecule has 0 saturated carbocycles. The maximum atomic E-state index is 11.2. The molecule has 1 aromatic carbocycles. The highest BCUT2D eigenvalue weighted by Crippen LogP contribution is 2.34. The van der Waals surface area contributed by atoms with E-state index >= 15 is 0 Å². The minimum atomic E-state index is -0.414. The molecule has 0 amide bonds. The van der Waals surface area contributed by atoms with Gasteiger partial charge in [-0.2, -0.15) is 0 Å². The van der Waals surface area contributed by atoms with Gasteiger partial charge < -0.3 is 14.8 Å². The van der Waals surface area contributed by atoms with E-state index in [0.717, 1.165) is 4.70 Å². The fraction of sp³-hybridized carbons (Fsp3) is 0.417. The van der Waals surface area contributed by atoms with Crippen LogP contribution >= 0.6 is 11.3 Å². The largest absolute Gasteiger partial charge is 0.382 e. The lowest BCUT2D eigenvalue weighted by Gasteiger charge is -2.15. The Balaban J connectivity index is 2.25. The third kappa shape index (κ3) is 3.03. The number of nitro benzene ring substituents is 1. The number of fused-ring (bicyclic) bond motifs is 1. The van der Waals surface area contributed by atoms with Gasteiger partial charge in [0.05, 0.1) is 27.8 Å². The molecule has 2 aromatic rings. The van der Waals surface area contributed by atoms with E-state index in [1.54, 1.807) is 25.8 Å². The maximum absolute atomic E-state index is 11.2. The number of aromatic nitrogens is 1. The second kappa shape index (κ2) is 6.60. The maximum Gasteiger partial charge on any atom is 0.319 e. The number of nitro groups is 1. The van der Waals surface area contributed by atoms with Crippen molar-refractivity contribution in [1.29, 1.82) is 0 Å². The molecule has 1 heterocycles. The summed E-state index contributed by atoms with van der Waals surface area (Å²) in [5, 5.41) is 14.3. The Labute approximate surface area is 119 Å². The molecule has 0 saturated heterocycles. The smallest absolute Gasteiger partial charge is 0.319 e. The van der Waals surface area contributed by atoms with Crippen molar-refractivity contribution in [3.05, 3.63) is 27.8 Å². The molecule has 1 atom stereocenters. The lowest BCUT2D eigenvalue weighted by atomic mass is 10.2. The van der Waals surface area contributed by atoms with Crippen molar-refractivity contribution in [3.8, 4) is 0 Å². The van der Waals surface area contributed by atoms with E-state index in [1.807, 2.05) is 6.07 Å². The molecule has 8 heteroatoms. The zero-order chi connectivity index (χ0) is 14.5. The Kier molecular flexibility index (Phi) is 4.83. The Morgan fingerprint density at radius 3 is 2.95 bits per heavy atom. The molecular weight excluding hydrogens is 282 g/mol. The average molecular weight is 297 g/mol. The third-order valence-corrected chi connectivity index (χ3v) is 3.66. The van der Waals surface area contributed by atoms with E-state index < -0.39 is 4.92 Å². The van der Waals surface area contributed by atoms with Crippen LogP contribution in [0.4, 0.5) is 11.4 Å². The number of nitrogens with zero attached hydrogens (tertiary/aromatic N) is 2. The van der Waals surface area contributed by atoms with E-state index in [2.05, 4.69) is 10.3 Å². The molecule has 0 aliphatic rings. The minimum absolute atomic E-state index is 0.00369. The van der Waals surface area contributed by atoms with Crippen molar-refractivity contribution in [2.24, 2.45) is 0 Å². The van der Waals surface area contributed by atoms with Crippen LogP contribution in [0.15, 0.2) is 17.6 Å². The molecule has 1 N–H and O–H groups in total. The van der Waals surface area contributed by atoms with Gasteiger partial charge >= 0.3 is 5.69 Å². The fourth-order valence-corrected chi connectivity index (χ4v) is 2.54. The Morgan fingerprint density at radius 1 is 1.50 bits per heavy atom. The molecule has 0 aliphatic carbocycles. The summed E-state index contributed by atoms with van der Waals surface area (Å²) in [5.41, 5.74) is 2.44. The van der Waals surface area contributed by atoms with Gasteiger partial charge in [0.2, 0.25) is 0 Å². The van der Waals surface area contributed by atoms with Gasteiger partial charge in [-0.05, 0) is 12.1 Å². The van der Waals surface area contributed by atoms with E-state index in [1.165, 1.54) is 11.3 Å². The first-order valence-electron chi connectivity index (χ1n) is 5.93. The molecule has 0 bridgehead atoms. The van der Waals surface area contributed by atoms with Crippen LogP contribution in [0.1, 0.15) is 0 Å². The van der Waals surface area contributed by atoms with Crippen molar-refractivity contribution in [2.75, 3.05) is 32.7 Å². The number of benzene rings is 1. The van der Waals surface area contributed by atoms with Gasteiger partial charge in [0.25, 0.3) is 0 Å². The van der Waals surface area contributed by atoms with Crippen LogP contribution in [0.25, 0.3) is 10.2 Å². The van der Waals surface area contributed by atoms with Crippen molar-refractivity contribution in [2.45, 2.75) is 6.10 Å². The van der Waals surface area contributed by atoms with Crippen LogP contribution < -0.4 is 5.32 Å². The van der Waals surface area contributed by atoms with Gasteiger partial charge in [0, 0.05) is 20.8 Å². The third-order valence-electron chi connectivity index (χ3n) is 2.86. The normalized spacial score (nSPS) is 12.5. The summed E-state index contributed by atoms with van der Waals surface area (Å²) in [6.07, 6.45) is -0.175. The second-order valence-corrected chi connectivity index (χ2v) is 5.00. The van der Waals surface area contributed by atoms with Gasteiger partial charge in [-0.3, -0.25) is 10.1 Å². The zero-order valence-corrected chi connectivity index (χ0v) is 12.0. The molecule has 7 nitrogen and oxygen atoms in total. The number of methoxy groups -OCH3 is 2. The van der Waals surface area contributed by atoms with Crippen LogP contribution in [-0.4, -0.2) is 43.4 Å². The van der Waals surface area contributed by atoms with E-state index in [-0.39, 0.29) is 11.8 Å². The van der Waals surface area contributed by atoms with Gasteiger partial charge in [-0.1, -0.05) is 0 Å². The van der Waals surface area contributed by atoms with E-state index in [0.29, 0.717) is 24.4 Å². The predicted molar refractivity (Wildman–Crippen MR) is 77.4 cm³/mol. The Bertz CT molecular complexity index is 601. The lowest BCUT2D eigenvalue weighted by Crippen LogP contribution is -2.26. The lowest BCUT2D eigenvalue weighted by molar-refractivity contribution is -0.382. The molecule has 0 aliphatic heterocycles. The molecule has 20 heavy (non-hydrogen) atoms. The second-order valence-electron chi connectivity index (χ2n) is 4.11. The standard InChI is InChI=1S/C12H15N3O4S/c1-18-6-8(19-2)5-13-9-3-4-10-11(14-7-20-10)12(9)15(16)17/h3-4,7-8,13H,5-6H2,1-2H3. The first-order chi connectivity index (χ1) is 9.67. The molecule has 1 unspecified atom stereocenters. The fourth-order valence-electron chi connectivity index (χ4n) is 1.86. The average Bonchev–Trinajstić information content (AvgIpc) is 2.90. The van der Waals surface area contributed by atoms with Gasteiger partial charge in [-0.25, -0.2) is 4.98 Å². The van der Waals surface area contributed by atoms with Gasteiger partial charge in [0.1, 0.15) is 5.69 Å². The van der Waals surface area contributed by atoms with Crippen molar-refractivity contribution < 1.29 is 14.4 Å². The van der Waals surface area contributed by atoms with E-state index in [4.69, 9.17) is 9.47 Å². The molecule has 0 radical (unpaired) electrons. The Morgan fingerprint density at radius 2 is 2.30 bits per heavy atom. The summed E-state index contributed by atoms with van der Waals surface area (Å²) in [7, 11) is 3.15. The van der Waals surface area contributed by atoms with Crippen LogP contribution in [0.3, 0.4) is 0 Å². The summed E-state index contributed by atoms with van der Waals surface area (Å²) in [4.78, 5) is 14.9. The van der Waals surface area contributed by atoms with Gasteiger partial charge in [-0.15, -0.1) is 11.3 Å². The summed E-state index contributed by atoms with van der Waals surface area (Å²) < 4.78 is 11.0. The van der Waals surface area contributed by atoms with Crippen LogP contribution in [-0.2, 0) is 9.47 Å². The minimum Gasteiger partial charge on any atom is -0.382 e. The molecule has 1 aromatic heterocycles. The summed E-state index contributed by atoms with van der Waals surface area (Å²) >= 11 is 1.38. The van der Waals surface area contributed by atoms with Crippen molar-refractivity contribution in [3.63, 3.8) is 0 Å². The molecule has 0 fully saturated rings. The monoisotopic (exact) mass is 297 g/mol. The van der Waals surface area contributed by atoms with Crippen LogP contribution in [0.5, 0.6) is 0 Å². The van der Waals surface area contributed by atoms with Crippen LogP contribution in [0.2, 0.25) is 0 Å². The van der Waals surface area contributed by atoms with E-state index in [9.17, 15) is 10.1 Å². The quantitative estimate of drug-likeness (QED) is 0.623. The first kappa shape index (κ1) is 14.6. The molecule has 2 rings (SSSR count). The molecular formula is C12H15N3O4S.